The number of carbonyl (C=O) groups excluding carboxylic acids is 3. The third kappa shape index (κ3) is 6.79. The van der Waals surface area contributed by atoms with Gasteiger partial charge in [-0.2, -0.15) is 11.8 Å². The molecule has 1 rings (SSSR count). The van der Waals surface area contributed by atoms with E-state index in [1.54, 1.807) is 12.1 Å². The molecule has 1 aromatic carbocycles. The topological polar surface area (TPSA) is 87.3 Å². The molecule has 7 heteroatoms. The molecular formula is C13H17N3O3S. The van der Waals surface area contributed by atoms with Gasteiger partial charge in [0.25, 0.3) is 0 Å². The Morgan fingerprint density at radius 1 is 1.10 bits per heavy atom. The molecule has 0 unspecified atom stereocenters. The van der Waals surface area contributed by atoms with E-state index in [9.17, 15) is 14.4 Å². The first-order valence-corrected chi connectivity index (χ1v) is 7.21. The molecule has 108 valence electrons. The van der Waals surface area contributed by atoms with Crippen LogP contribution in [0, 0.1) is 0 Å². The maximum absolute atomic E-state index is 11.6. The Hall–Kier alpha value is -2.02. The van der Waals surface area contributed by atoms with Gasteiger partial charge in [-0.3, -0.25) is 14.9 Å². The highest BCUT2D eigenvalue weighted by molar-refractivity contribution is 7.99. The van der Waals surface area contributed by atoms with Gasteiger partial charge in [-0.15, -0.1) is 0 Å². The number of thioether (sulfide) groups is 1. The highest BCUT2D eigenvalue weighted by Gasteiger charge is 2.07. The van der Waals surface area contributed by atoms with Gasteiger partial charge in [0.1, 0.15) is 0 Å². The fourth-order valence-electron chi connectivity index (χ4n) is 1.30. The molecule has 1 aromatic rings. The predicted molar refractivity (Wildman–Crippen MR) is 79.6 cm³/mol. The van der Waals surface area contributed by atoms with E-state index >= 15 is 0 Å². The second-order valence-corrected chi connectivity index (χ2v) is 4.95. The molecule has 0 aliphatic rings. The molecule has 3 N–H and O–H groups in total. The van der Waals surface area contributed by atoms with Crippen molar-refractivity contribution in [2.45, 2.75) is 6.42 Å². The van der Waals surface area contributed by atoms with Crippen LogP contribution in [0.1, 0.15) is 6.42 Å². The summed E-state index contributed by atoms with van der Waals surface area (Å²) in [5.74, 6) is 0.265. The average Bonchev–Trinajstić information content (AvgIpc) is 2.44. The molecule has 0 saturated carbocycles. The summed E-state index contributed by atoms with van der Waals surface area (Å²) in [5, 5.41) is 7.19. The second-order valence-electron chi connectivity index (χ2n) is 3.84. The maximum atomic E-state index is 11.6. The molecular weight excluding hydrogens is 278 g/mol. The van der Waals surface area contributed by atoms with Crippen LogP contribution in [-0.2, 0) is 9.59 Å². The largest absolute Gasteiger partial charge is 0.341 e. The first-order valence-electron chi connectivity index (χ1n) is 6.06. The Morgan fingerprint density at radius 2 is 1.80 bits per heavy atom. The first-order chi connectivity index (χ1) is 9.61. The molecule has 0 atom stereocenters. The maximum Gasteiger partial charge on any atom is 0.321 e. The molecule has 20 heavy (non-hydrogen) atoms. The zero-order chi connectivity index (χ0) is 14.8. The fourth-order valence-corrected chi connectivity index (χ4v) is 2.03. The van der Waals surface area contributed by atoms with Crippen LogP contribution in [-0.4, -0.2) is 36.4 Å². The number of imide groups is 1. The summed E-state index contributed by atoms with van der Waals surface area (Å²) in [6.07, 6.45) is 0.191. The van der Waals surface area contributed by atoms with Crippen LogP contribution in [0.4, 0.5) is 10.5 Å². The van der Waals surface area contributed by atoms with Crippen molar-refractivity contribution in [3.05, 3.63) is 30.3 Å². The smallest absolute Gasteiger partial charge is 0.321 e. The minimum Gasteiger partial charge on any atom is -0.341 e. The number of hydrogen-bond donors (Lipinski definition) is 3. The van der Waals surface area contributed by atoms with Gasteiger partial charge in [-0.05, 0) is 12.1 Å². The van der Waals surface area contributed by atoms with Crippen LogP contribution in [0.2, 0.25) is 0 Å². The number of benzene rings is 1. The van der Waals surface area contributed by atoms with Crippen LogP contribution < -0.4 is 16.0 Å². The summed E-state index contributed by atoms with van der Waals surface area (Å²) in [4.78, 5) is 33.7. The molecule has 0 aliphatic heterocycles. The van der Waals surface area contributed by atoms with Gasteiger partial charge in [0.15, 0.2) is 0 Å². The Morgan fingerprint density at radius 3 is 2.45 bits per heavy atom. The average molecular weight is 295 g/mol. The lowest BCUT2D eigenvalue weighted by atomic mass is 10.3. The van der Waals surface area contributed by atoms with Crippen molar-refractivity contribution in [2.24, 2.45) is 0 Å². The van der Waals surface area contributed by atoms with Crippen LogP contribution in [0.15, 0.2) is 30.3 Å². The number of nitrogens with one attached hydrogen (secondary N) is 3. The van der Waals surface area contributed by atoms with Crippen LogP contribution >= 0.6 is 11.8 Å². The summed E-state index contributed by atoms with van der Waals surface area (Å²) in [6.45, 7) is 0. The SMILES string of the molecule is CNC(=O)NC(=O)CCSCC(=O)Nc1ccccc1. The molecule has 0 aromatic heterocycles. The first kappa shape index (κ1) is 16.0. The lowest BCUT2D eigenvalue weighted by molar-refractivity contribution is -0.119. The standard InChI is InChI=1S/C13H17N3O3S/c1-14-13(19)16-11(17)7-8-20-9-12(18)15-10-5-3-2-4-6-10/h2-6H,7-9H2,1H3,(H,15,18)(H2,14,16,17,19). The number of anilines is 1. The molecule has 0 spiro atoms. The Bertz CT molecular complexity index is 465. The number of para-hydroxylation sites is 1. The summed E-state index contributed by atoms with van der Waals surface area (Å²) in [6, 6.07) is 8.63. The van der Waals surface area contributed by atoms with Crippen molar-refractivity contribution in [1.29, 1.82) is 0 Å². The number of carbonyl (C=O) groups is 3. The van der Waals surface area contributed by atoms with Gasteiger partial charge in [-0.25, -0.2) is 4.79 Å². The summed E-state index contributed by atoms with van der Waals surface area (Å²) >= 11 is 1.34. The summed E-state index contributed by atoms with van der Waals surface area (Å²) < 4.78 is 0. The summed E-state index contributed by atoms with van der Waals surface area (Å²) in [7, 11) is 1.44. The number of rotatable bonds is 6. The van der Waals surface area contributed by atoms with Crippen molar-refractivity contribution < 1.29 is 14.4 Å². The Balaban J connectivity index is 2.13. The second kappa shape index (κ2) is 8.98. The normalized spacial score (nSPS) is 9.65. The number of hydrogen-bond acceptors (Lipinski definition) is 4. The van der Waals surface area contributed by atoms with Gasteiger partial charge in [-0.1, -0.05) is 18.2 Å². The van der Waals surface area contributed by atoms with Crippen LogP contribution in [0.3, 0.4) is 0 Å². The molecule has 0 bridgehead atoms. The lowest BCUT2D eigenvalue weighted by Gasteiger charge is -2.05. The van der Waals surface area contributed by atoms with E-state index in [0.717, 1.165) is 5.69 Å². The zero-order valence-corrected chi connectivity index (χ0v) is 12.0. The number of amides is 4. The van der Waals surface area contributed by atoms with E-state index in [4.69, 9.17) is 0 Å². The van der Waals surface area contributed by atoms with Gasteiger partial charge in [0.2, 0.25) is 11.8 Å². The van der Waals surface area contributed by atoms with Crippen molar-refractivity contribution in [1.82, 2.24) is 10.6 Å². The van der Waals surface area contributed by atoms with E-state index in [0.29, 0.717) is 5.75 Å². The zero-order valence-electron chi connectivity index (χ0n) is 11.1. The third-order valence-electron chi connectivity index (χ3n) is 2.24. The monoisotopic (exact) mass is 295 g/mol. The molecule has 6 nitrogen and oxygen atoms in total. The fraction of sp³-hybridized carbons (Fsp3) is 0.308. The molecule has 0 heterocycles. The molecule has 0 aliphatic carbocycles. The van der Waals surface area contributed by atoms with Crippen molar-refractivity contribution in [3.8, 4) is 0 Å². The van der Waals surface area contributed by atoms with E-state index < -0.39 is 6.03 Å². The minimum absolute atomic E-state index is 0.118. The van der Waals surface area contributed by atoms with E-state index in [2.05, 4.69) is 16.0 Å². The van der Waals surface area contributed by atoms with Crippen molar-refractivity contribution >= 4 is 35.3 Å². The van der Waals surface area contributed by atoms with E-state index in [1.807, 2.05) is 18.2 Å². The van der Waals surface area contributed by atoms with Gasteiger partial charge >= 0.3 is 6.03 Å². The molecule has 0 saturated heterocycles. The van der Waals surface area contributed by atoms with Gasteiger partial charge in [0, 0.05) is 24.9 Å². The minimum atomic E-state index is -0.526. The van der Waals surface area contributed by atoms with Crippen molar-refractivity contribution in [2.75, 3.05) is 23.9 Å². The summed E-state index contributed by atoms with van der Waals surface area (Å²) in [5.41, 5.74) is 0.746. The van der Waals surface area contributed by atoms with E-state index in [-0.39, 0.29) is 24.0 Å². The van der Waals surface area contributed by atoms with E-state index in [1.165, 1.54) is 18.8 Å². The Kier molecular flexibility index (Phi) is 7.20. The molecule has 0 radical (unpaired) electrons. The predicted octanol–water partition coefficient (Wildman–Crippen LogP) is 1.20. The highest BCUT2D eigenvalue weighted by atomic mass is 32.2. The molecule has 0 fully saturated rings. The van der Waals surface area contributed by atoms with Crippen LogP contribution in [0.5, 0.6) is 0 Å². The third-order valence-corrected chi connectivity index (χ3v) is 3.20. The van der Waals surface area contributed by atoms with Gasteiger partial charge < -0.3 is 10.6 Å². The Labute approximate surface area is 121 Å². The highest BCUT2D eigenvalue weighted by Crippen LogP contribution is 2.07. The van der Waals surface area contributed by atoms with Gasteiger partial charge in [0.05, 0.1) is 5.75 Å². The lowest BCUT2D eigenvalue weighted by Crippen LogP contribution is -2.37. The molecule has 4 amide bonds. The van der Waals surface area contributed by atoms with Crippen molar-refractivity contribution in [3.63, 3.8) is 0 Å². The number of urea groups is 1. The quantitative estimate of drug-likeness (QED) is 0.688. The van der Waals surface area contributed by atoms with Crippen LogP contribution in [0.25, 0.3) is 0 Å².